The van der Waals surface area contributed by atoms with Gasteiger partial charge in [0.25, 0.3) is 11.8 Å². The van der Waals surface area contributed by atoms with Crippen LogP contribution in [0.3, 0.4) is 0 Å². The van der Waals surface area contributed by atoms with Crippen LogP contribution >= 0.6 is 11.8 Å². The van der Waals surface area contributed by atoms with Crippen LogP contribution in [-0.2, 0) is 14.3 Å². The molecule has 0 saturated carbocycles. The minimum atomic E-state index is -0.890. The SMILES string of the molecule is COC(=O)[C@@H]1CC[C@H]2SC[C@@H](N3C(=O)c4ccccc4C3=O)C(=O)N21. The predicted octanol–water partition coefficient (Wildman–Crippen LogP) is 0.888. The highest BCUT2D eigenvalue weighted by Crippen LogP contribution is 2.39. The van der Waals surface area contributed by atoms with Gasteiger partial charge in [0, 0.05) is 5.75 Å². The number of fused-ring (bicyclic) bond motifs is 2. The second-order valence-corrected chi connectivity index (χ2v) is 7.40. The molecule has 0 aliphatic carbocycles. The van der Waals surface area contributed by atoms with Crippen molar-refractivity contribution < 1.29 is 23.9 Å². The van der Waals surface area contributed by atoms with E-state index in [0.29, 0.717) is 29.7 Å². The normalized spacial score (nSPS) is 28.2. The van der Waals surface area contributed by atoms with Crippen molar-refractivity contribution >= 4 is 35.5 Å². The number of hydrogen-bond donors (Lipinski definition) is 0. The molecule has 130 valence electrons. The summed E-state index contributed by atoms with van der Waals surface area (Å²) in [4.78, 5) is 52.8. The standard InChI is InChI=1S/C17H16N2O5S/c1-24-17(23)11-6-7-13-18(11)16(22)12(8-25-13)19-14(20)9-4-2-3-5-10(9)15(19)21/h2-5,11-13H,6-8H2,1H3/t11-,12+,13+/m0/s1. The fourth-order valence-corrected chi connectivity index (χ4v) is 5.14. The van der Waals surface area contributed by atoms with E-state index in [1.54, 1.807) is 24.3 Å². The molecule has 4 rings (SSSR count). The van der Waals surface area contributed by atoms with Crippen LogP contribution in [0.15, 0.2) is 24.3 Å². The zero-order chi connectivity index (χ0) is 17.7. The first-order valence-electron chi connectivity index (χ1n) is 8.03. The number of imide groups is 1. The Balaban J connectivity index is 1.64. The van der Waals surface area contributed by atoms with Gasteiger partial charge in [-0.2, -0.15) is 0 Å². The van der Waals surface area contributed by atoms with Crippen LogP contribution in [-0.4, -0.2) is 63.8 Å². The number of methoxy groups -OCH3 is 1. The van der Waals surface area contributed by atoms with E-state index in [2.05, 4.69) is 0 Å². The van der Waals surface area contributed by atoms with E-state index in [0.717, 1.165) is 4.90 Å². The van der Waals surface area contributed by atoms with E-state index in [9.17, 15) is 19.2 Å². The Hall–Kier alpha value is -2.35. The van der Waals surface area contributed by atoms with Crippen molar-refractivity contribution in [3.05, 3.63) is 35.4 Å². The zero-order valence-electron chi connectivity index (χ0n) is 13.5. The van der Waals surface area contributed by atoms with Crippen LogP contribution in [0.4, 0.5) is 0 Å². The summed E-state index contributed by atoms with van der Waals surface area (Å²) in [5, 5.41) is -0.108. The Morgan fingerprint density at radius 3 is 2.36 bits per heavy atom. The van der Waals surface area contributed by atoms with E-state index in [1.807, 2.05) is 0 Å². The lowest BCUT2D eigenvalue weighted by atomic mass is 10.1. The number of carbonyl (C=O) groups is 4. The number of benzene rings is 1. The van der Waals surface area contributed by atoms with Crippen molar-refractivity contribution in [3.8, 4) is 0 Å². The van der Waals surface area contributed by atoms with E-state index < -0.39 is 29.9 Å². The molecular formula is C17H16N2O5S. The second-order valence-electron chi connectivity index (χ2n) is 6.19. The van der Waals surface area contributed by atoms with Gasteiger partial charge in [-0.05, 0) is 25.0 Å². The molecule has 3 aliphatic heterocycles. The average Bonchev–Trinajstić information content (AvgIpc) is 3.17. The largest absolute Gasteiger partial charge is 0.467 e. The van der Waals surface area contributed by atoms with E-state index in [-0.39, 0.29) is 11.3 Å². The fourth-order valence-electron chi connectivity index (χ4n) is 3.73. The van der Waals surface area contributed by atoms with Gasteiger partial charge in [-0.25, -0.2) is 4.79 Å². The van der Waals surface area contributed by atoms with Gasteiger partial charge < -0.3 is 9.64 Å². The number of carbonyl (C=O) groups excluding carboxylic acids is 4. The Bertz CT molecular complexity index is 760. The van der Waals surface area contributed by atoms with Crippen molar-refractivity contribution in [3.63, 3.8) is 0 Å². The van der Waals surface area contributed by atoms with Crippen LogP contribution in [0.25, 0.3) is 0 Å². The van der Waals surface area contributed by atoms with Gasteiger partial charge in [-0.15, -0.1) is 11.8 Å². The smallest absolute Gasteiger partial charge is 0.328 e. The summed E-state index contributed by atoms with van der Waals surface area (Å²) in [6.45, 7) is 0. The van der Waals surface area contributed by atoms with Crippen molar-refractivity contribution in [2.45, 2.75) is 30.3 Å². The van der Waals surface area contributed by atoms with Gasteiger partial charge >= 0.3 is 5.97 Å². The third kappa shape index (κ3) is 2.27. The molecule has 0 unspecified atom stereocenters. The van der Waals surface area contributed by atoms with Crippen LogP contribution in [0.5, 0.6) is 0 Å². The van der Waals surface area contributed by atoms with Crippen LogP contribution < -0.4 is 0 Å². The number of thioether (sulfide) groups is 1. The Kier molecular flexibility index (Phi) is 3.79. The molecule has 1 aromatic rings. The molecule has 0 radical (unpaired) electrons. The van der Waals surface area contributed by atoms with Crippen molar-refractivity contribution in [2.75, 3.05) is 12.9 Å². The van der Waals surface area contributed by atoms with Crippen LogP contribution in [0.1, 0.15) is 33.6 Å². The molecule has 3 amide bonds. The lowest BCUT2D eigenvalue weighted by Gasteiger charge is -2.39. The lowest BCUT2D eigenvalue weighted by molar-refractivity contribution is -0.152. The summed E-state index contributed by atoms with van der Waals surface area (Å²) >= 11 is 1.50. The molecule has 3 aliphatic rings. The Morgan fingerprint density at radius 1 is 1.12 bits per heavy atom. The zero-order valence-corrected chi connectivity index (χ0v) is 14.3. The third-order valence-corrected chi connectivity index (χ3v) is 6.29. The number of nitrogens with zero attached hydrogens (tertiary/aromatic N) is 2. The molecular weight excluding hydrogens is 344 g/mol. The third-order valence-electron chi connectivity index (χ3n) is 4.93. The molecule has 3 atom stereocenters. The molecule has 0 N–H and O–H groups in total. The molecule has 0 bridgehead atoms. The number of amides is 3. The fraction of sp³-hybridized carbons (Fsp3) is 0.412. The molecule has 25 heavy (non-hydrogen) atoms. The molecule has 2 saturated heterocycles. The minimum absolute atomic E-state index is 0.108. The van der Waals surface area contributed by atoms with Crippen LogP contribution in [0, 0.1) is 0 Å². The van der Waals surface area contributed by atoms with Gasteiger partial charge in [-0.1, -0.05) is 12.1 Å². The lowest BCUT2D eigenvalue weighted by Crippen LogP contribution is -2.59. The first kappa shape index (κ1) is 16.1. The van der Waals surface area contributed by atoms with Gasteiger partial charge in [0.15, 0.2) is 0 Å². The average molecular weight is 360 g/mol. The summed E-state index contributed by atoms with van der Waals surface area (Å²) in [5.74, 6) is -1.37. The first-order chi connectivity index (χ1) is 12.0. The molecule has 0 aromatic heterocycles. The number of ether oxygens (including phenoxy) is 1. The number of hydrogen-bond acceptors (Lipinski definition) is 6. The summed E-state index contributed by atoms with van der Waals surface area (Å²) < 4.78 is 4.80. The topological polar surface area (TPSA) is 84.0 Å². The molecule has 7 nitrogen and oxygen atoms in total. The number of rotatable bonds is 2. The molecule has 8 heteroatoms. The highest BCUT2D eigenvalue weighted by Gasteiger charge is 2.52. The second kappa shape index (κ2) is 5.87. The van der Waals surface area contributed by atoms with Gasteiger partial charge in [0.1, 0.15) is 12.1 Å². The van der Waals surface area contributed by atoms with Gasteiger partial charge in [0.2, 0.25) is 5.91 Å². The molecule has 3 heterocycles. The predicted molar refractivity (Wildman–Crippen MR) is 88.9 cm³/mol. The molecule has 0 spiro atoms. The minimum Gasteiger partial charge on any atom is -0.467 e. The molecule has 1 aromatic carbocycles. The Labute approximate surface area is 148 Å². The Morgan fingerprint density at radius 2 is 1.76 bits per heavy atom. The highest BCUT2D eigenvalue weighted by molar-refractivity contribution is 8.00. The van der Waals surface area contributed by atoms with Gasteiger partial charge in [0.05, 0.1) is 23.6 Å². The van der Waals surface area contributed by atoms with Crippen LogP contribution in [0.2, 0.25) is 0 Å². The summed E-state index contributed by atoms with van der Waals surface area (Å²) in [7, 11) is 1.29. The van der Waals surface area contributed by atoms with Crippen molar-refractivity contribution in [1.82, 2.24) is 9.80 Å². The van der Waals surface area contributed by atoms with Gasteiger partial charge in [-0.3, -0.25) is 19.3 Å². The maximum atomic E-state index is 13.0. The molecule has 2 fully saturated rings. The maximum Gasteiger partial charge on any atom is 0.328 e. The summed E-state index contributed by atoms with van der Waals surface area (Å²) in [6.07, 6.45) is 1.23. The number of esters is 1. The quantitative estimate of drug-likeness (QED) is 0.575. The monoisotopic (exact) mass is 360 g/mol. The summed E-state index contributed by atoms with van der Waals surface area (Å²) in [6, 6.07) is 5.02. The maximum absolute atomic E-state index is 13.0. The van der Waals surface area contributed by atoms with Crippen molar-refractivity contribution in [2.24, 2.45) is 0 Å². The summed E-state index contributed by atoms with van der Waals surface area (Å²) in [5.41, 5.74) is 0.636. The van der Waals surface area contributed by atoms with Crippen molar-refractivity contribution in [1.29, 1.82) is 0 Å². The van der Waals surface area contributed by atoms with E-state index in [1.165, 1.54) is 23.8 Å². The van der Waals surface area contributed by atoms with E-state index in [4.69, 9.17) is 4.74 Å². The van der Waals surface area contributed by atoms with E-state index >= 15 is 0 Å². The first-order valence-corrected chi connectivity index (χ1v) is 9.08. The highest BCUT2D eigenvalue weighted by atomic mass is 32.2.